The molecule has 0 bridgehead atoms. The number of fused-ring (bicyclic) bond motifs is 1. The van der Waals surface area contributed by atoms with Gasteiger partial charge >= 0.3 is 0 Å². The van der Waals surface area contributed by atoms with E-state index in [1.54, 1.807) is 18.6 Å². The Morgan fingerprint density at radius 2 is 2.00 bits per heavy atom. The molecular formula is C15H13N3O. The minimum atomic E-state index is -0.0958. The van der Waals surface area contributed by atoms with Gasteiger partial charge in [-0.25, -0.2) is 0 Å². The van der Waals surface area contributed by atoms with Gasteiger partial charge < -0.3 is 5.11 Å². The van der Waals surface area contributed by atoms with E-state index >= 15 is 0 Å². The standard InChI is InChI=1S/C15H13N3O/c1-10-2-3-13-12(6-10)7-16-14(9-19)15(13)11-4-5-17-18-8-11/h2-8,19H,9H2,1H3. The lowest BCUT2D eigenvalue weighted by Crippen LogP contribution is -1.96. The molecule has 0 aliphatic carbocycles. The van der Waals surface area contributed by atoms with Gasteiger partial charge in [0.15, 0.2) is 0 Å². The second kappa shape index (κ2) is 4.74. The molecule has 1 aromatic carbocycles. The second-order valence-corrected chi connectivity index (χ2v) is 4.46. The van der Waals surface area contributed by atoms with E-state index in [0.717, 1.165) is 21.9 Å². The van der Waals surface area contributed by atoms with E-state index in [1.807, 2.05) is 13.0 Å². The molecule has 3 aromatic rings. The highest BCUT2D eigenvalue weighted by molar-refractivity contribution is 5.97. The number of aliphatic hydroxyl groups excluding tert-OH is 1. The van der Waals surface area contributed by atoms with Gasteiger partial charge in [0.25, 0.3) is 0 Å². The molecule has 0 aliphatic heterocycles. The Balaban J connectivity index is 2.37. The monoisotopic (exact) mass is 251 g/mol. The zero-order chi connectivity index (χ0) is 13.2. The molecule has 0 spiro atoms. The van der Waals surface area contributed by atoms with Gasteiger partial charge in [0.05, 0.1) is 24.7 Å². The number of rotatable bonds is 2. The van der Waals surface area contributed by atoms with Crippen molar-refractivity contribution in [3.05, 3.63) is 54.1 Å². The third-order valence-corrected chi connectivity index (χ3v) is 3.15. The number of nitrogens with zero attached hydrogens (tertiary/aromatic N) is 3. The molecule has 4 nitrogen and oxygen atoms in total. The van der Waals surface area contributed by atoms with Crippen molar-refractivity contribution in [3.8, 4) is 11.1 Å². The topological polar surface area (TPSA) is 58.9 Å². The summed E-state index contributed by atoms with van der Waals surface area (Å²) in [6.07, 6.45) is 5.13. The van der Waals surface area contributed by atoms with Crippen LogP contribution in [0.5, 0.6) is 0 Å². The van der Waals surface area contributed by atoms with Crippen molar-refractivity contribution in [2.24, 2.45) is 0 Å². The first-order chi connectivity index (χ1) is 9.29. The Labute approximate surface area is 110 Å². The fourth-order valence-corrected chi connectivity index (χ4v) is 2.26. The molecule has 0 fully saturated rings. The average molecular weight is 251 g/mol. The first-order valence-electron chi connectivity index (χ1n) is 6.06. The summed E-state index contributed by atoms with van der Waals surface area (Å²) in [7, 11) is 0. The van der Waals surface area contributed by atoms with Crippen molar-refractivity contribution in [2.75, 3.05) is 0 Å². The maximum Gasteiger partial charge on any atom is 0.0859 e. The Hall–Kier alpha value is -2.33. The number of hydrogen-bond acceptors (Lipinski definition) is 4. The fourth-order valence-electron chi connectivity index (χ4n) is 2.26. The van der Waals surface area contributed by atoms with Crippen LogP contribution in [0.25, 0.3) is 21.9 Å². The molecule has 94 valence electrons. The van der Waals surface area contributed by atoms with Crippen LogP contribution in [0, 0.1) is 6.92 Å². The molecule has 2 heterocycles. The highest BCUT2D eigenvalue weighted by atomic mass is 16.3. The van der Waals surface area contributed by atoms with E-state index in [-0.39, 0.29) is 6.61 Å². The molecule has 2 aromatic heterocycles. The van der Waals surface area contributed by atoms with Gasteiger partial charge in [-0.2, -0.15) is 10.2 Å². The van der Waals surface area contributed by atoms with Crippen molar-refractivity contribution >= 4 is 10.8 Å². The molecule has 3 rings (SSSR count). The molecule has 0 amide bonds. The largest absolute Gasteiger partial charge is 0.390 e. The molecule has 0 aliphatic rings. The van der Waals surface area contributed by atoms with Gasteiger partial charge in [-0.15, -0.1) is 0 Å². The van der Waals surface area contributed by atoms with Crippen LogP contribution in [0.4, 0.5) is 0 Å². The van der Waals surface area contributed by atoms with Crippen molar-refractivity contribution < 1.29 is 5.11 Å². The van der Waals surface area contributed by atoms with Crippen LogP contribution >= 0.6 is 0 Å². The van der Waals surface area contributed by atoms with Crippen LogP contribution in [0.2, 0.25) is 0 Å². The average Bonchev–Trinajstić information content (AvgIpc) is 2.46. The van der Waals surface area contributed by atoms with Crippen LogP contribution in [0.3, 0.4) is 0 Å². The first-order valence-corrected chi connectivity index (χ1v) is 6.06. The Morgan fingerprint density at radius 1 is 1.11 bits per heavy atom. The molecule has 0 saturated heterocycles. The Kier molecular flexibility index (Phi) is 2.93. The summed E-state index contributed by atoms with van der Waals surface area (Å²) in [5.74, 6) is 0. The number of aliphatic hydroxyl groups is 1. The normalized spacial score (nSPS) is 10.8. The molecule has 0 saturated carbocycles. The number of benzene rings is 1. The van der Waals surface area contributed by atoms with Gasteiger partial charge in [0.1, 0.15) is 0 Å². The van der Waals surface area contributed by atoms with Gasteiger partial charge in [0, 0.05) is 22.7 Å². The van der Waals surface area contributed by atoms with Gasteiger partial charge in [-0.3, -0.25) is 4.98 Å². The van der Waals surface area contributed by atoms with Crippen LogP contribution in [-0.4, -0.2) is 20.3 Å². The van der Waals surface area contributed by atoms with Gasteiger partial charge in [-0.05, 0) is 24.4 Å². The highest BCUT2D eigenvalue weighted by Crippen LogP contribution is 2.30. The molecule has 1 N–H and O–H groups in total. The minimum absolute atomic E-state index is 0.0958. The molecule has 4 heteroatoms. The van der Waals surface area contributed by atoms with E-state index in [9.17, 15) is 5.11 Å². The summed E-state index contributed by atoms with van der Waals surface area (Å²) in [5, 5.41) is 19.3. The van der Waals surface area contributed by atoms with E-state index in [0.29, 0.717) is 5.69 Å². The zero-order valence-electron chi connectivity index (χ0n) is 10.5. The SMILES string of the molecule is Cc1ccc2c(-c3ccnnc3)c(CO)ncc2c1. The number of hydrogen-bond donors (Lipinski definition) is 1. The van der Waals surface area contributed by atoms with Crippen LogP contribution < -0.4 is 0 Å². The molecular weight excluding hydrogens is 238 g/mol. The molecule has 19 heavy (non-hydrogen) atoms. The summed E-state index contributed by atoms with van der Waals surface area (Å²) in [6.45, 7) is 1.95. The Morgan fingerprint density at radius 3 is 2.74 bits per heavy atom. The smallest absolute Gasteiger partial charge is 0.0859 e. The van der Waals surface area contributed by atoms with E-state index < -0.39 is 0 Å². The predicted octanol–water partition coefficient (Wildman–Crippen LogP) is 2.49. The number of pyridine rings is 1. The van der Waals surface area contributed by atoms with Gasteiger partial charge in [-0.1, -0.05) is 17.7 Å². The van der Waals surface area contributed by atoms with E-state index in [1.165, 1.54) is 5.56 Å². The van der Waals surface area contributed by atoms with Crippen molar-refractivity contribution in [3.63, 3.8) is 0 Å². The quantitative estimate of drug-likeness (QED) is 0.760. The van der Waals surface area contributed by atoms with Crippen molar-refractivity contribution in [2.45, 2.75) is 13.5 Å². The lowest BCUT2D eigenvalue weighted by molar-refractivity contribution is 0.277. The molecule has 0 atom stereocenters. The van der Waals surface area contributed by atoms with E-state index in [4.69, 9.17) is 0 Å². The fraction of sp³-hybridized carbons (Fsp3) is 0.133. The summed E-state index contributed by atoms with van der Waals surface area (Å²) in [4.78, 5) is 4.34. The lowest BCUT2D eigenvalue weighted by Gasteiger charge is -2.11. The summed E-state index contributed by atoms with van der Waals surface area (Å²) in [5.41, 5.74) is 3.69. The molecule has 0 unspecified atom stereocenters. The van der Waals surface area contributed by atoms with E-state index in [2.05, 4.69) is 33.4 Å². The highest BCUT2D eigenvalue weighted by Gasteiger charge is 2.11. The van der Waals surface area contributed by atoms with Crippen LogP contribution in [0.15, 0.2) is 42.9 Å². The van der Waals surface area contributed by atoms with Crippen LogP contribution in [0.1, 0.15) is 11.3 Å². The lowest BCUT2D eigenvalue weighted by atomic mass is 9.98. The maximum atomic E-state index is 9.50. The number of aromatic nitrogens is 3. The number of aryl methyl sites for hydroxylation is 1. The second-order valence-electron chi connectivity index (χ2n) is 4.46. The van der Waals surface area contributed by atoms with Crippen molar-refractivity contribution in [1.82, 2.24) is 15.2 Å². The first kappa shape index (κ1) is 11.7. The van der Waals surface area contributed by atoms with Crippen LogP contribution in [-0.2, 0) is 6.61 Å². The van der Waals surface area contributed by atoms with Crippen molar-refractivity contribution in [1.29, 1.82) is 0 Å². The van der Waals surface area contributed by atoms with Gasteiger partial charge in [0.2, 0.25) is 0 Å². The molecule has 0 radical (unpaired) electrons. The summed E-state index contributed by atoms with van der Waals surface area (Å²) < 4.78 is 0. The minimum Gasteiger partial charge on any atom is -0.390 e. The summed E-state index contributed by atoms with van der Waals surface area (Å²) in [6, 6.07) is 8.08. The summed E-state index contributed by atoms with van der Waals surface area (Å²) >= 11 is 0. The zero-order valence-corrected chi connectivity index (χ0v) is 10.5. The predicted molar refractivity (Wildman–Crippen MR) is 73.4 cm³/mol. The third-order valence-electron chi connectivity index (χ3n) is 3.15. The third kappa shape index (κ3) is 2.06. The Bertz CT molecular complexity index is 726. The maximum absolute atomic E-state index is 9.50.